The Bertz CT molecular complexity index is 322. The summed E-state index contributed by atoms with van der Waals surface area (Å²) in [5, 5.41) is 56.7. The zero-order chi connectivity index (χ0) is 14.8. The summed E-state index contributed by atoms with van der Waals surface area (Å²) >= 11 is 0. The monoisotopic (exact) mass is 282 g/mol. The minimum absolute atomic E-state index is 0.653. The third-order valence-corrected chi connectivity index (χ3v) is 2.97. The van der Waals surface area contributed by atoms with Gasteiger partial charge in [0.1, 0.15) is 24.4 Å². The third-order valence-electron chi connectivity index (χ3n) is 2.97. The molecule has 1 aliphatic rings. The fourth-order valence-electron chi connectivity index (χ4n) is 1.86. The van der Waals surface area contributed by atoms with E-state index in [1.54, 1.807) is 0 Å². The van der Waals surface area contributed by atoms with Gasteiger partial charge in [0, 0.05) is 6.42 Å². The summed E-state index contributed by atoms with van der Waals surface area (Å²) in [6.45, 7) is -0.833. The van der Waals surface area contributed by atoms with Gasteiger partial charge in [-0.1, -0.05) is 0 Å². The number of aliphatic hydroxyl groups is 6. The molecular weight excluding hydrogens is 264 g/mol. The number of hydrogen-bond donors (Lipinski definition) is 6. The van der Waals surface area contributed by atoms with E-state index in [-0.39, 0.29) is 0 Å². The van der Waals surface area contributed by atoms with Crippen LogP contribution < -0.4 is 0 Å². The molecule has 0 spiro atoms. The highest BCUT2D eigenvalue weighted by atomic mass is 16.7. The minimum Gasteiger partial charge on any atom is -0.465 e. The second-order valence-electron chi connectivity index (χ2n) is 4.36. The number of aliphatic hydroxyl groups excluding tert-OH is 5. The quantitative estimate of drug-likeness (QED) is 0.283. The van der Waals surface area contributed by atoms with Crippen molar-refractivity contribution in [3.63, 3.8) is 0 Å². The molecule has 1 heterocycles. The molecule has 9 nitrogen and oxygen atoms in total. The van der Waals surface area contributed by atoms with Gasteiger partial charge in [0.15, 0.2) is 0 Å². The van der Waals surface area contributed by atoms with Crippen molar-refractivity contribution in [1.82, 2.24) is 0 Å². The number of carbonyl (C=O) groups excluding carboxylic acids is 1. The Kier molecular flexibility index (Phi) is 5.21. The van der Waals surface area contributed by atoms with Crippen LogP contribution in [0.5, 0.6) is 0 Å². The van der Waals surface area contributed by atoms with Crippen molar-refractivity contribution in [1.29, 1.82) is 0 Å². The predicted molar refractivity (Wildman–Crippen MR) is 57.6 cm³/mol. The van der Waals surface area contributed by atoms with E-state index in [2.05, 4.69) is 4.74 Å². The number of esters is 1. The maximum atomic E-state index is 11.4. The molecule has 1 fully saturated rings. The van der Waals surface area contributed by atoms with Crippen LogP contribution in [0.2, 0.25) is 0 Å². The smallest absolute Gasteiger partial charge is 0.366 e. The van der Waals surface area contributed by atoms with E-state index in [4.69, 9.17) is 9.84 Å². The van der Waals surface area contributed by atoms with Gasteiger partial charge in [0.25, 0.3) is 5.79 Å². The lowest BCUT2D eigenvalue weighted by Crippen LogP contribution is -2.63. The van der Waals surface area contributed by atoms with E-state index in [9.17, 15) is 30.3 Å². The molecule has 0 saturated carbocycles. The van der Waals surface area contributed by atoms with Crippen LogP contribution in [0.3, 0.4) is 0 Å². The number of hydrogen-bond acceptors (Lipinski definition) is 9. The van der Waals surface area contributed by atoms with Gasteiger partial charge in [-0.2, -0.15) is 0 Å². The Morgan fingerprint density at radius 2 is 2.05 bits per heavy atom. The highest BCUT2D eigenvalue weighted by Gasteiger charge is 2.53. The third kappa shape index (κ3) is 3.20. The van der Waals surface area contributed by atoms with Gasteiger partial charge in [-0.3, -0.25) is 0 Å². The lowest BCUT2D eigenvalue weighted by Gasteiger charge is -2.42. The topological polar surface area (TPSA) is 157 Å². The molecule has 112 valence electrons. The maximum Gasteiger partial charge on any atom is 0.366 e. The Balaban J connectivity index is 2.94. The van der Waals surface area contributed by atoms with Crippen LogP contribution in [0.4, 0.5) is 0 Å². The van der Waals surface area contributed by atoms with E-state index in [0.717, 1.165) is 7.11 Å². The standard InChI is InChI=1S/C10H18O9/c1-18-9(16)10(17)2-4(12)6(14)8(19-10)7(15)5(13)3-11/h4-8,11-15,17H,2-3H2,1H3/t4-,5+,6+,7+,8+,10?/m0/s1. The van der Waals surface area contributed by atoms with Crippen LogP contribution in [0, 0.1) is 0 Å². The van der Waals surface area contributed by atoms with Crippen LogP contribution >= 0.6 is 0 Å². The van der Waals surface area contributed by atoms with Gasteiger partial charge in [0.2, 0.25) is 0 Å². The molecule has 0 aromatic carbocycles. The fourth-order valence-corrected chi connectivity index (χ4v) is 1.86. The van der Waals surface area contributed by atoms with Crippen molar-refractivity contribution in [3.05, 3.63) is 0 Å². The lowest BCUT2D eigenvalue weighted by atomic mass is 9.91. The number of methoxy groups -OCH3 is 1. The van der Waals surface area contributed by atoms with Crippen molar-refractivity contribution in [2.24, 2.45) is 0 Å². The molecule has 0 aromatic heterocycles. The molecule has 0 aromatic rings. The average molecular weight is 282 g/mol. The van der Waals surface area contributed by atoms with E-state index < -0.39 is 55.3 Å². The molecule has 0 radical (unpaired) electrons. The summed E-state index contributed by atoms with van der Waals surface area (Å²) < 4.78 is 9.13. The molecule has 0 bridgehead atoms. The van der Waals surface area contributed by atoms with Gasteiger partial charge >= 0.3 is 5.97 Å². The van der Waals surface area contributed by atoms with E-state index in [1.165, 1.54) is 0 Å². The van der Waals surface area contributed by atoms with Crippen LogP contribution in [-0.2, 0) is 14.3 Å². The average Bonchev–Trinajstić information content (AvgIpc) is 2.40. The van der Waals surface area contributed by atoms with Crippen LogP contribution in [-0.4, -0.2) is 86.6 Å². The first kappa shape index (κ1) is 16.2. The normalized spacial score (nSPS) is 38.6. The summed E-state index contributed by atoms with van der Waals surface area (Å²) in [6, 6.07) is 0. The Morgan fingerprint density at radius 1 is 1.47 bits per heavy atom. The van der Waals surface area contributed by atoms with Crippen LogP contribution in [0.25, 0.3) is 0 Å². The molecule has 6 N–H and O–H groups in total. The number of carbonyl (C=O) groups is 1. The number of rotatable bonds is 4. The van der Waals surface area contributed by atoms with Crippen molar-refractivity contribution in [2.75, 3.05) is 13.7 Å². The Morgan fingerprint density at radius 3 is 2.53 bits per heavy atom. The predicted octanol–water partition coefficient (Wildman–Crippen LogP) is -3.93. The van der Waals surface area contributed by atoms with Gasteiger partial charge in [-0.15, -0.1) is 0 Å². The highest BCUT2D eigenvalue weighted by molar-refractivity contribution is 5.77. The summed E-state index contributed by atoms with van der Waals surface area (Å²) in [4.78, 5) is 11.4. The molecule has 19 heavy (non-hydrogen) atoms. The van der Waals surface area contributed by atoms with Crippen LogP contribution in [0.1, 0.15) is 6.42 Å². The summed E-state index contributed by atoms with van der Waals surface area (Å²) in [6.07, 6.45) is -9.04. The molecule has 1 rings (SSSR count). The largest absolute Gasteiger partial charge is 0.465 e. The molecule has 6 atom stereocenters. The van der Waals surface area contributed by atoms with Crippen molar-refractivity contribution < 1.29 is 44.9 Å². The zero-order valence-corrected chi connectivity index (χ0v) is 10.2. The zero-order valence-electron chi connectivity index (χ0n) is 10.2. The van der Waals surface area contributed by atoms with Gasteiger partial charge in [-0.25, -0.2) is 4.79 Å². The van der Waals surface area contributed by atoms with E-state index in [0.29, 0.717) is 0 Å². The van der Waals surface area contributed by atoms with Gasteiger partial charge in [0.05, 0.1) is 19.8 Å². The molecule has 0 aliphatic carbocycles. The van der Waals surface area contributed by atoms with Crippen molar-refractivity contribution in [3.8, 4) is 0 Å². The van der Waals surface area contributed by atoms with Gasteiger partial charge in [-0.05, 0) is 0 Å². The van der Waals surface area contributed by atoms with Crippen molar-refractivity contribution in [2.45, 2.75) is 42.7 Å². The molecule has 0 amide bonds. The molecular formula is C10H18O9. The SMILES string of the molecule is COC(=O)C1(O)C[C@H](O)[C@@H](O)[C@H]([C@H](O)[C@H](O)CO)O1. The highest BCUT2D eigenvalue weighted by Crippen LogP contribution is 2.30. The van der Waals surface area contributed by atoms with E-state index in [1.807, 2.05) is 0 Å². The maximum absolute atomic E-state index is 11.4. The first-order chi connectivity index (χ1) is 8.76. The summed E-state index contributed by atoms with van der Waals surface area (Å²) in [5.41, 5.74) is 0. The fraction of sp³-hybridized carbons (Fsp3) is 0.900. The van der Waals surface area contributed by atoms with Crippen LogP contribution in [0.15, 0.2) is 0 Å². The van der Waals surface area contributed by atoms with Crippen molar-refractivity contribution >= 4 is 5.97 Å². The second-order valence-corrected chi connectivity index (χ2v) is 4.36. The summed E-state index contributed by atoms with van der Waals surface area (Å²) in [7, 11) is 0.981. The Hall–Kier alpha value is -0.810. The lowest BCUT2D eigenvalue weighted by molar-refractivity contribution is -0.313. The second kappa shape index (κ2) is 6.09. The minimum atomic E-state index is -2.55. The first-order valence-electron chi connectivity index (χ1n) is 5.58. The first-order valence-corrected chi connectivity index (χ1v) is 5.58. The molecule has 1 aliphatic heterocycles. The molecule has 9 heteroatoms. The van der Waals surface area contributed by atoms with E-state index >= 15 is 0 Å². The molecule has 1 saturated heterocycles. The number of ether oxygens (including phenoxy) is 2. The Labute approximate surface area is 108 Å². The summed E-state index contributed by atoms with van der Waals surface area (Å²) in [5.74, 6) is -3.76. The van der Waals surface area contributed by atoms with Gasteiger partial charge < -0.3 is 40.1 Å². The molecule has 1 unspecified atom stereocenters.